The fraction of sp³-hybridized carbons (Fsp3) is 0.625. The fourth-order valence-corrected chi connectivity index (χ4v) is 5.51. The molecule has 0 spiro atoms. The maximum Gasteiger partial charge on any atom is 0.124 e. The first kappa shape index (κ1) is 12.2. The van der Waals surface area contributed by atoms with Gasteiger partial charge in [0.1, 0.15) is 5.82 Å². The lowest BCUT2D eigenvalue weighted by Gasteiger charge is -2.33. The normalized spacial score (nSPS) is 39.6. The van der Waals surface area contributed by atoms with Crippen molar-refractivity contribution in [2.75, 3.05) is 5.32 Å². The zero-order chi connectivity index (χ0) is 13.0. The van der Waals surface area contributed by atoms with Crippen molar-refractivity contribution < 1.29 is 4.39 Å². The number of hydrogen-bond donors (Lipinski definition) is 1. The van der Waals surface area contributed by atoms with E-state index < -0.39 is 0 Å². The molecule has 1 nitrogen and oxygen atoms in total. The van der Waals surface area contributed by atoms with Gasteiger partial charge in [-0.2, -0.15) is 0 Å². The Bertz CT molecular complexity index is 504. The van der Waals surface area contributed by atoms with Crippen LogP contribution < -0.4 is 5.32 Å². The summed E-state index contributed by atoms with van der Waals surface area (Å²) in [5.74, 6) is 3.63. The van der Waals surface area contributed by atoms with Gasteiger partial charge in [0.05, 0.1) is 0 Å². The summed E-state index contributed by atoms with van der Waals surface area (Å²) in [7, 11) is 0. The van der Waals surface area contributed by atoms with Gasteiger partial charge in [0.15, 0.2) is 0 Å². The van der Waals surface area contributed by atoms with E-state index in [1.165, 1.54) is 32.1 Å². The molecule has 5 atom stereocenters. The lowest BCUT2D eigenvalue weighted by Crippen LogP contribution is -2.33. The van der Waals surface area contributed by atoms with Crippen molar-refractivity contribution in [2.24, 2.45) is 23.7 Å². The third-order valence-corrected chi connectivity index (χ3v) is 6.36. The van der Waals surface area contributed by atoms with Gasteiger partial charge in [-0.05, 0) is 83.5 Å². The molecule has 1 aromatic rings. The van der Waals surface area contributed by atoms with Crippen molar-refractivity contribution in [3.05, 3.63) is 28.5 Å². The molecular weight excluding hydrogens is 305 g/mol. The van der Waals surface area contributed by atoms with Crippen LogP contribution >= 0.6 is 15.9 Å². The molecule has 1 N–H and O–H groups in total. The molecule has 0 aromatic heterocycles. The predicted octanol–water partition coefficient (Wildman–Crippen LogP) is 4.82. The van der Waals surface area contributed by atoms with E-state index in [0.717, 1.165) is 33.8 Å². The van der Waals surface area contributed by atoms with Gasteiger partial charge >= 0.3 is 0 Å². The van der Waals surface area contributed by atoms with Crippen LogP contribution in [0, 0.1) is 29.5 Å². The van der Waals surface area contributed by atoms with Crippen molar-refractivity contribution in [3.8, 4) is 0 Å². The smallest absolute Gasteiger partial charge is 0.124 e. The van der Waals surface area contributed by atoms with Gasteiger partial charge in [-0.15, -0.1) is 0 Å². The number of benzene rings is 1. The lowest BCUT2D eigenvalue weighted by molar-refractivity contribution is 0.243. The monoisotopic (exact) mass is 323 g/mol. The largest absolute Gasteiger partial charge is 0.381 e. The minimum absolute atomic E-state index is 0.179. The first-order valence-corrected chi connectivity index (χ1v) is 8.23. The van der Waals surface area contributed by atoms with Crippen molar-refractivity contribution >= 4 is 21.6 Å². The second kappa shape index (κ2) is 4.47. The second-order valence-electron chi connectivity index (χ2n) is 6.53. The Morgan fingerprint density at radius 2 is 1.95 bits per heavy atom. The van der Waals surface area contributed by atoms with E-state index in [0.29, 0.717) is 6.04 Å². The Labute approximate surface area is 122 Å². The quantitative estimate of drug-likeness (QED) is 0.822. The van der Waals surface area contributed by atoms with E-state index in [4.69, 9.17) is 0 Å². The molecule has 4 rings (SSSR count). The summed E-state index contributed by atoms with van der Waals surface area (Å²) in [5.41, 5.74) is 1.05. The number of fused-ring (bicyclic) bond motifs is 5. The van der Waals surface area contributed by atoms with E-state index in [1.54, 1.807) is 12.1 Å². The summed E-state index contributed by atoms with van der Waals surface area (Å²) in [6.45, 7) is 0. The molecule has 0 amide bonds. The molecule has 1 aromatic carbocycles. The van der Waals surface area contributed by atoms with Crippen molar-refractivity contribution in [1.82, 2.24) is 0 Å². The average Bonchev–Trinajstić information content (AvgIpc) is 3.04. The Morgan fingerprint density at radius 1 is 1.11 bits per heavy atom. The van der Waals surface area contributed by atoms with Crippen LogP contribution in [0.2, 0.25) is 0 Å². The molecule has 3 aliphatic carbocycles. The van der Waals surface area contributed by atoms with Crippen LogP contribution in [0.25, 0.3) is 0 Å². The van der Waals surface area contributed by atoms with Gasteiger partial charge in [0, 0.05) is 16.2 Å². The van der Waals surface area contributed by atoms with Gasteiger partial charge in [0.2, 0.25) is 0 Å². The topological polar surface area (TPSA) is 12.0 Å². The van der Waals surface area contributed by atoms with Crippen LogP contribution in [0.5, 0.6) is 0 Å². The van der Waals surface area contributed by atoms with Crippen LogP contribution in [0.3, 0.4) is 0 Å². The molecule has 102 valence electrons. The lowest BCUT2D eigenvalue weighted by atomic mass is 9.79. The van der Waals surface area contributed by atoms with Gasteiger partial charge in [0.25, 0.3) is 0 Å². The molecule has 19 heavy (non-hydrogen) atoms. The molecule has 0 saturated heterocycles. The summed E-state index contributed by atoms with van der Waals surface area (Å²) in [6.07, 6.45) is 7.09. The third-order valence-electron chi connectivity index (χ3n) is 5.70. The minimum atomic E-state index is -0.179. The van der Waals surface area contributed by atoms with Gasteiger partial charge in [-0.25, -0.2) is 4.39 Å². The van der Waals surface area contributed by atoms with Crippen molar-refractivity contribution in [3.63, 3.8) is 0 Å². The summed E-state index contributed by atoms with van der Waals surface area (Å²) in [6, 6.07) is 5.55. The van der Waals surface area contributed by atoms with E-state index in [2.05, 4.69) is 21.2 Å². The van der Waals surface area contributed by atoms with Gasteiger partial charge in [-0.1, -0.05) is 6.42 Å². The maximum absolute atomic E-state index is 13.1. The van der Waals surface area contributed by atoms with Gasteiger partial charge in [-0.3, -0.25) is 0 Å². The maximum atomic E-state index is 13.1. The fourth-order valence-electron chi connectivity index (χ4n) is 5.04. The standard InChI is InChI=1S/C16H19BrFN/c17-14-8-10(18)4-5-15(14)19-16-7-9-6-13(16)12-3-1-2-11(9)12/h4-5,8-9,11-13,16,19H,1-3,6-7H2. The molecule has 0 radical (unpaired) electrons. The first-order chi connectivity index (χ1) is 9.22. The van der Waals surface area contributed by atoms with Crippen molar-refractivity contribution in [1.29, 1.82) is 0 Å². The van der Waals surface area contributed by atoms with Crippen LogP contribution in [0.15, 0.2) is 22.7 Å². The molecule has 3 fully saturated rings. The number of halogens is 2. The first-order valence-electron chi connectivity index (χ1n) is 7.44. The molecule has 3 heteroatoms. The van der Waals surface area contributed by atoms with Crippen LogP contribution in [0.1, 0.15) is 32.1 Å². The van der Waals surface area contributed by atoms with Crippen LogP contribution in [0.4, 0.5) is 10.1 Å². The number of rotatable bonds is 2. The van der Waals surface area contributed by atoms with Gasteiger partial charge < -0.3 is 5.32 Å². The van der Waals surface area contributed by atoms with E-state index >= 15 is 0 Å². The highest BCUT2D eigenvalue weighted by Crippen LogP contribution is 2.59. The predicted molar refractivity (Wildman–Crippen MR) is 78.6 cm³/mol. The molecule has 0 aliphatic heterocycles. The Kier molecular flexibility index (Phi) is 2.87. The zero-order valence-corrected chi connectivity index (χ0v) is 12.5. The second-order valence-corrected chi connectivity index (χ2v) is 7.38. The molecule has 0 heterocycles. The Balaban J connectivity index is 1.52. The number of hydrogen-bond acceptors (Lipinski definition) is 1. The summed E-state index contributed by atoms with van der Waals surface area (Å²) in [4.78, 5) is 0. The Morgan fingerprint density at radius 3 is 2.79 bits per heavy atom. The summed E-state index contributed by atoms with van der Waals surface area (Å²) in [5, 5.41) is 3.67. The van der Waals surface area contributed by atoms with E-state index in [-0.39, 0.29) is 5.82 Å². The molecular formula is C16H19BrFN. The molecule has 3 saturated carbocycles. The third kappa shape index (κ3) is 1.93. The van der Waals surface area contributed by atoms with E-state index in [1.807, 2.05) is 6.07 Å². The highest BCUT2D eigenvalue weighted by molar-refractivity contribution is 9.10. The highest BCUT2D eigenvalue weighted by atomic mass is 79.9. The van der Waals surface area contributed by atoms with E-state index in [9.17, 15) is 4.39 Å². The van der Waals surface area contributed by atoms with Crippen LogP contribution in [-0.2, 0) is 0 Å². The SMILES string of the molecule is Fc1ccc(NC2CC3CC2C2CCCC32)c(Br)c1. The van der Waals surface area contributed by atoms with Crippen molar-refractivity contribution in [2.45, 2.75) is 38.1 Å². The number of anilines is 1. The molecule has 3 aliphatic rings. The Hall–Kier alpha value is -0.570. The van der Waals surface area contributed by atoms with Crippen LogP contribution in [-0.4, -0.2) is 6.04 Å². The minimum Gasteiger partial charge on any atom is -0.381 e. The molecule has 5 unspecified atom stereocenters. The zero-order valence-electron chi connectivity index (χ0n) is 10.9. The summed E-state index contributed by atoms with van der Waals surface area (Å²) < 4.78 is 14.0. The summed E-state index contributed by atoms with van der Waals surface area (Å²) >= 11 is 3.46. The molecule has 2 bridgehead atoms. The highest BCUT2D eigenvalue weighted by Gasteiger charge is 2.53. The number of nitrogens with one attached hydrogen (secondary N) is 1. The average molecular weight is 324 g/mol.